The highest BCUT2D eigenvalue weighted by Crippen LogP contribution is 2.34. The van der Waals surface area contributed by atoms with Gasteiger partial charge < -0.3 is 25.3 Å². The number of piperidine rings is 3. The minimum Gasteiger partial charge on any atom is -0.354 e. The van der Waals surface area contributed by atoms with Crippen molar-refractivity contribution in [3.05, 3.63) is 35.6 Å². The van der Waals surface area contributed by atoms with Gasteiger partial charge in [-0.05, 0) is 127 Å². The summed E-state index contributed by atoms with van der Waals surface area (Å²) in [5, 5.41) is 6.37. The number of hydrogen-bond donors (Lipinski definition) is 2. The molecule has 4 bridgehead atoms. The lowest BCUT2D eigenvalue weighted by Crippen LogP contribution is -2.54. The fraction of sp³-hybridized carbons (Fsp3) is 0.730. The Labute approximate surface area is 289 Å². The molecule has 7 aliphatic heterocycles. The van der Waals surface area contributed by atoms with E-state index in [2.05, 4.69) is 37.3 Å². The zero-order valence-electron chi connectivity index (χ0n) is 29.0. The molecule has 0 saturated carbocycles. The second kappa shape index (κ2) is 15.0. The summed E-state index contributed by atoms with van der Waals surface area (Å²) in [6, 6.07) is 4.87. The van der Waals surface area contributed by atoms with Crippen LogP contribution in [0.1, 0.15) is 74.6 Å². The van der Waals surface area contributed by atoms with Crippen LogP contribution in [0.4, 0.5) is 4.39 Å². The predicted octanol–water partition coefficient (Wildman–Crippen LogP) is 1.92. The molecule has 7 heterocycles. The molecule has 0 aliphatic carbocycles. The fourth-order valence-electron chi connectivity index (χ4n) is 9.67. The lowest BCUT2D eigenvalue weighted by molar-refractivity contribution is -0.136. The van der Waals surface area contributed by atoms with E-state index in [9.17, 15) is 23.6 Å². The van der Waals surface area contributed by atoms with Crippen molar-refractivity contribution in [2.45, 2.75) is 94.4 Å². The molecule has 7 saturated heterocycles. The number of hydrogen-bond acceptors (Lipinski definition) is 7. The Hall–Kier alpha value is -3.09. The van der Waals surface area contributed by atoms with Crippen molar-refractivity contribution in [3.8, 4) is 0 Å². The van der Waals surface area contributed by atoms with Crippen LogP contribution in [0.3, 0.4) is 0 Å². The Morgan fingerprint density at radius 3 is 2.27 bits per heavy atom. The van der Waals surface area contributed by atoms with Gasteiger partial charge in [0.2, 0.25) is 17.7 Å². The molecule has 0 radical (unpaired) electrons. The van der Waals surface area contributed by atoms with Crippen molar-refractivity contribution in [1.29, 1.82) is 0 Å². The zero-order chi connectivity index (χ0) is 34.1. The maximum atomic E-state index is 13.9. The van der Waals surface area contributed by atoms with Crippen molar-refractivity contribution in [2.75, 3.05) is 66.0 Å². The number of nitrogens with one attached hydrogen (secondary N) is 2. The maximum absolute atomic E-state index is 13.9. The van der Waals surface area contributed by atoms with Gasteiger partial charge in [0.25, 0.3) is 5.91 Å². The Bertz CT molecular complexity index is 1360. The third kappa shape index (κ3) is 7.66. The van der Waals surface area contributed by atoms with E-state index in [4.69, 9.17) is 0 Å². The summed E-state index contributed by atoms with van der Waals surface area (Å²) in [5.41, 5.74) is 0.317. The Morgan fingerprint density at radius 2 is 1.51 bits per heavy atom. The van der Waals surface area contributed by atoms with Gasteiger partial charge in [0.15, 0.2) is 0 Å². The molecule has 4 amide bonds. The first-order chi connectivity index (χ1) is 23.7. The molecule has 7 fully saturated rings. The first-order valence-electron chi connectivity index (χ1n) is 18.8. The number of benzene rings is 1. The smallest absolute Gasteiger partial charge is 0.254 e. The van der Waals surface area contributed by atoms with Crippen LogP contribution in [-0.4, -0.2) is 144 Å². The Balaban J connectivity index is 1.11. The summed E-state index contributed by atoms with van der Waals surface area (Å²) in [6.07, 6.45) is 8.42. The Morgan fingerprint density at radius 1 is 0.776 bits per heavy atom. The molecule has 12 heteroatoms. The van der Waals surface area contributed by atoms with E-state index in [-0.39, 0.29) is 60.1 Å². The van der Waals surface area contributed by atoms with Crippen LogP contribution < -0.4 is 10.6 Å². The summed E-state index contributed by atoms with van der Waals surface area (Å²) in [7, 11) is 2.19. The second-order valence-corrected chi connectivity index (χ2v) is 15.6. The van der Waals surface area contributed by atoms with Crippen molar-refractivity contribution >= 4 is 23.6 Å². The average molecular weight is 680 g/mol. The molecular weight excluding hydrogens is 625 g/mol. The van der Waals surface area contributed by atoms with Gasteiger partial charge in [-0.15, -0.1) is 0 Å². The number of fused-ring (bicyclic) bond motifs is 7. The number of carbonyl (C=O) groups excluding carboxylic acids is 4. The summed E-state index contributed by atoms with van der Waals surface area (Å²) in [4.78, 5) is 66.0. The molecule has 49 heavy (non-hydrogen) atoms. The third-order valence-electron chi connectivity index (χ3n) is 12.6. The van der Waals surface area contributed by atoms with Crippen molar-refractivity contribution in [2.24, 2.45) is 11.8 Å². The molecule has 0 spiro atoms. The average Bonchev–Trinajstić information content (AvgIpc) is 3.77. The third-order valence-corrected chi connectivity index (χ3v) is 12.6. The molecule has 8 rings (SSSR count). The minimum absolute atomic E-state index is 0.0487. The Kier molecular flexibility index (Phi) is 10.5. The number of nitrogens with zero attached hydrogens (tertiary/aromatic N) is 5. The van der Waals surface area contributed by atoms with Gasteiger partial charge in [0, 0.05) is 62.8 Å². The molecule has 11 nitrogen and oxygen atoms in total. The lowest BCUT2D eigenvalue weighted by Gasteiger charge is -2.45. The topological polar surface area (TPSA) is 109 Å². The van der Waals surface area contributed by atoms with Crippen LogP contribution in [0.5, 0.6) is 0 Å². The number of rotatable bonds is 2. The molecule has 268 valence electrons. The minimum atomic E-state index is -0.743. The highest BCUT2D eigenvalue weighted by molar-refractivity contribution is 5.98. The standard InChI is InChI=1S/C37H54FN7O4/c1-41-16-10-30(11-17-41)43-18-9-26-21-34(46)42-19-12-31(13-20-42)44-15-2-3-32(44)36(48)40-29-22-33(35(47)39-14-8-27(26)23-43)45(24-29)37(49)25-4-6-28(38)7-5-25/h4-7,26-27,29-33H,2-3,8-24H2,1H3,(H,39,47)(H,40,48)/t26-,27-,29+,32-,33+/m0/s1. The molecule has 0 aromatic heterocycles. The molecule has 2 N–H and O–H groups in total. The quantitative estimate of drug-likeness (QED) is 0.492. The SMILES string of the molecule is CN1CCC(N2CC[C@H]3CC(=O)N4CCC(CC4)N4CCC[C@H]4C(=O)N[C@@H]4C[C@H](C(=O)NCC[C@H]3C2)N(C(=O)c2ccc(F)cc2)C4)CC1. The summed E-state index contributed by atoms with van der Waals surface area (Å²) >= 11 is 0. The van der Waals surface area contributed by atoms with Gasteiger partial charge in [-0.1, -0.05) is 0 Å². The second-order valence-electron chi connectivity index (χ2n) is 15.6. The summed E-state index contributed by atoms with van der Waals surface area (Å²) in [5.74, 6) is -0.251. The van der Waals surface area contributed by atoms with Crippen LogP contribution in [0.2, 0.25) is 0 Å². The molecule has 7 aliphatic rings. The summed E-state index contributed by atoms with van der Waals surface area (Å²) in [6.45, 7) is 7.17. The van der Waals surface area contributed by atoms with Gasteiger partial charge >= 0.3 is 0 Å². The first-order valence-corrected chi connectivity index (χ1v) is 18.8. The number of amides is 4. The van der Waals surface area contributed by atoms with E-state index in [1.165, 1.54) is 24.3 Å². The molecule has 1 aromatic carbocycles. The van der Waals surface area contributed by atoms with Gasteiger partial charge in [-0.3, -0.25) is 29.0 Å². The largest absolute Gasteiger partial charge is 0.354 e. The van der Waals surface area contributed by atoms with Crippen LogP contribution in [0.15, 0.2) is 24.3 Å². The maximum Gasteiger partial charge on any atom is 0.254 e. The van der Waals surface area contributed by atoms with Crippen molar-refractivity contribution < 1.29 is 23.6 Å². The normalized spacial score (nSPS) is 33.3. The lowest BCUT2D eigenvalue weighted by atomic mass is 9.79. The van der Waals surface area contributed by atoms with Gasteiger partial charge in [-0.2, -0.15) is 0 Å². The molecule has 0 unspecified atom stereocenters. The molecular formula is C37H54FN7O4. The van der Waals surface area contributed by atoms with E-state index in [1.54, 1.807) is 4.90 Å². The van der Waals surface area contributed by atoms with Crippen molar-refractivity contribution in [1.82, 2.24) is 35.1 Å². The number of carbonyl (C=O) groups is 4. The summed E-state index contributed by atoms with van der Waals surface area (Å²) < 4.78 is 13.7. The van der Waals surface area contributed by atoms with Crippen molar-refractivity contribution in [3.63, 3.8) is 0 Å². The number of halogens is 1. The van der Waals surface area contributed by atoms with E-state index in [0.29, 0.717) is 31.0 Å². The van der Waals surface area contributed by atoms with Crippen LogP contribution in [0.25, 0.3) is 0 Å². The molecule has 1 aromatic rings. The zero-order valence-corrected chi connectivity index (χ0v) is 29.0. The van der Waals surface area contributed by atoms with E-state index in [0.717, 1.165) is 97.2 Å². The highest BCUT2D eigenvalue weighted by atomic mass is 19.1. The van der Waals surface area contributed by atoms with Gasteiger partial charge in [-0.25, -0.2) is 4.39 Å². The highest BCUT2D eigenvalue weighted by Gasteiger charge is 2.44. The fourth-order valence-corrected chi connectivity index (χ4v) is 9.67. The number of likely N-dealkylation sites (tertiary alicyclic amines) is 3. The molecule has 5 atom stereocenters. The van der Waals surface area contributed by atoms with E-state index < -0.39 is 11.9 Å². The van der Waals surface area contributed by atoms with Crippen LogP contribution >= 0.6 is 0 Å². The van der Waals surface area contributed by atoms with E-state index in [1.807, 2.05) is 0 Å². The first kappa shape index (κ1) is 34.4. The van der Waals surface area contributed by atoms with Crippen LogP contribution in [-0.2, 0) is 14.4 Å². The predicted molar refractivity (Wildman–Crippen MR) is 183 cm³/mol. The van der Waals surface area contributed by atoms with E-state index >= 15 is 0 Å². The van der Waals surface area contributed by atoms with Gasteiger partial charge in [0.1, 0.15) is 11.9 Å². The monoisotopic (exact) mass is 679 g/mol. The van der Waals surface area contributed by atoms with Gasteiger partial charge in [0.05, 0.1) is 6.04 Å². The van der Waals surface area contributed by atoms with Crippen LogP contribution in [0, 0.1) is 17.7 Å².